The SMILES string of the molecule is CCOC(=O)[C@](F)(OC(F)(F)F)C(F)(F)F. The van der Waals surface area contributed by atoms with Gasteiger partial charge in [0.1, 0.15) is 0 Å². The first kappa shape index (κ1) is 14.9. The largest absolute Gasteiger partial charge is 0.525 e. The minimum atomic E-state index is -6.20. The average molecular weight is 258 g/mol. The lowest BCUT2D eigenvalue weighted by Crippen LogP contribution is -2.54. The molecule has 0 amide bonds. The Balaban J connectivity index is 5.13. The van der Waals surface area contributed by atoms with Gasteiger partial charge < -0.3 is 4.74 Å². The summed E-state index contributed by atoms with van der Waals surface area (Å²) in [6.45, 7) is 0.254. The second kappa shape index (κ2) is 4.44. The van der Waals surface area contributed by atoms with E-state index in [-0.39, 0.29) is 0 Å². The normalized spacial score (nSPS) is 16.8. The zero-order valence-corrected chi connectivity index (χ0v) is 7.58. The molecule has 0 unspecified atom stereocenters. The van der Waals surface area contributed by atoms with E-state index in [2.05, 4.69) is 9.47 Å². The molecule has 0 N–H and O–H groups in total. The number of hydrogen-bond donors (Lipinski definition) is 0. The van der Waals surface area contributed by atoms with Gasteiger partial charge in [-0.2, -0.15) is 17.6 Å². The lowest BCUT2D eigenvalue weighted by Gasteiger charge is -2.25. The molecule has 16 heavy (non-hydrogen) atoms. The summed E-state index contributed by atoms with van der Waals surface area (Å²) >= 11 is 0. The molecule has 0 aliphatic carbocycles. The van der Waals surface area contributed by atoms with Crippen LogP contribution in [0.15, 0.2) is 0 Å². The van der Waals surface area contributed by atoms with Crippen molar-refractivity contribution >= 4 is 5.97 Å². The number of ether oxygens (including phenoxy) is 2. The lowest BCUT2D eigenvalue weighted by molar-refractivity contribution is -0.436. The molecule has 0 spiro atoms. The van der Waals surface area contributed by atoms with Gasteiger partial charge in [0, 0.05) is 0 Å². The summed E-state index contributed by atoms with van der Waals surface area (Å²) in [5, 5.41) is 0. The van der Waals surface area contributed by atoms with E-state index < -0.39 is 31.0 Å². The molecule has 0 bridgehead atoms. The highest BCUT2D eigenvalue weighted by Gasteiger charge is 2.69. The molecular weight excluding hydrogens is 253 g/mol. The summed E-state index contributed by atoms with van der Waals surface area (Å²) in [4.78, 5) is 10.4. The Kier molecular flexibility index (Phi) is 4.14. The van der Waals surface area contributed by atoms with Crippen LogP contribution in [0, 0.1) is 0 Å². The first-order valence-corrected chi connectivity index (χ1v) is 3.64. The maximum atomic E-state index is 12.8. The van der Waals surface area contributed by atoms with Crippen molar-refractivity contribution in [2.75, 3.05) is 6.61 Å². The number of rotatable bonds is 3. The van der Waals surface area contributed by atoms with Crippen LogP contribution in [0.5, 0.6) is 0 Å². The average Bonchev–Trinajstić information content (AvgIpc) is 1.99. The first-order chi connectivity index (χ1) is 6.94. The van der Waals surface area contributed by atoms with Crippen molar-refractivity contribution < 1.29 is 45.0 Å². The van der Waals surface area contributed by atoms with E-state index >= 15 is 0 Å². The molecular formula is C6H5F7O3. The fourth-order valence-electron chi connectivity index (χ4n) is 0.599. The molecule has 0 aliphatic rings. The van der Waals surface area contributed by atoms with Crippen molar-refractivity contribution in [2.45, 2.75) is 25.3 Å². The minimum Gasteiger partial charge on any atom is -0.462 e. The molecule has 0 aromatic rings. The van der Waals surface area contributed by atoms with Crippen LogP contribution < -0.4 is 0 Å². The van der Waals surface area contributed by atoms with Crippen molar-refractivity contribution in [3.05, 3.63) is 0 Å². The second-order valence-electron chi connectivity index (χ2n) is 2.36. The monoisotopic (exact) mass is 258 g/mol. The number of halogens is 7. The van der Waals surface area contributed by atoms with Gasteiger partial charge in [0.05, 0.1) is 6.61 Å². The molecule has 0 aromatic carbocycles. The Morgan fingerprint density at radius 2 is 1.50 bits per heavy atom. The van der Waals surface area contributed by atoms with Gasteiger partial charge in [0.2, 0.25) is 0 Å². The van der Waals surface area contributed by atoms with Crippen LogP contribution in [0.3, 0.4) is 0 Å². The zero-order valence-electron chi connectivity index (χ0n) is 7.58. The number of alkyl halides is 7. The van der Waals surface area contributed by atoms with E-state index in [0.29, 0.717) is 0 Å². The molecule has 0 aliphatic heterocycles. The van der Waals surface area contributed by atoms with E-state index in [4.69, 9.17) is 0 Å². The molecule has 96 valence electrons. The lowest BCUT2D eigenvalue weighted by atomic mass is 10.3. The molecule has 0 saturated carbocycles. The summed E-state index contributed by atoms with van der Waals surface area (Å²) in [7, 11) is 0. The number of carbonyl (C=O) groups is 1. The fraction of sp³-hybridized carbons (Fsp3) is 0.833. The van der Waals surface area contributed by atoms with Crippen LogP contribution in [-0.2, 0) is 14.3 Å². The van der Waals surface area contributed by atoms with Crippen LogP contribution in [-0.4, -0.2) is 31.0 Å². The van der Waals surface area contributed by atoms with E-state index in [9.17, 15) is 35.5 Å². The molecule has 3 nitrogen and oxygen atoms in total. The van der Waals surface area contributed by atoms with E-state index in [1.54, 1.807) is 0 Å². The Morgan fingerprint density at radius 1 is 1.06 bits per heavy atom. The highest BCUT2D eigenvalue weighted by molar-refractivity contribution is 5.78. The quantitative estimate of drug-likeness (QED) is 0.575. The molecule has 0 aromatic heterocycles. The van der Waals surface area contributed by atoms with Gasteiger partial charge in [0.15, 0.2) is 0 Å². The predicted octanol–water partition coefficient (Wildman–Crippen LogP) is 2.31. The molecule has 0 saturated heterocycles. The third kappa shape index (κ3) is 3.51. The van der Waals surface area contributed by atoms with E-state index in [1.165, 1.54) is 0 Å². The fourth-order valence-corrected chi connectivity index (χ4v) is 0.599. The zero-order chi connectivity index (χ0) is 13.2. The molecule has 0 radical (unpaired) electrons. The summed E-state index contributed by atoms with van der Waals surface area (Å²) in [5.74, 6) is -8.36. The van der Waals surface area contributed by atoms with Crippen LogP contribution >= 0.6 is 0 Å². The Bertz CT molecular complexity index is 258. The topological polar surface area (TPSA) is 35.5 Å². The van der Waals surface area contributed by atoms with Crippen molar-refractivity contribution in [1.82, 2.24) is 0 Å². The van der Waals surface area contributed by atoms with Crippen molar-refractivity contribution in [3.8, 4) is 0 Å². The second-order valence-corrected chi connectivity index (χ2v) is 2.36. The smallest absolute Gasteiger partial charge is 0.462 e. The summed E-state index contributed by atoms with van der Waals surface area (Å²) in [6, 6.07) is 0. The van der Waals surface area contributed by atoms with E-state index in [1.807, 2.05) is 0 Å². The Hall–Kier alpha value is -1.06. The van der Waals surface area contributed by atoms with Gasteiger partial charge in [-0.25, -0.2) is 9.53 Å². The van der Waals surface area contributed by atoms with Crippen molar-refractivity contribution in [2.24, 2.45) is 0 Å². The molecule has 10 heteroatoms. The van der Waals surface area contributed by atoms with Gasteiger partial charge in [-0.05, 0) is 6.92 Å². The standard InChI is InChI=1S/C6H5F7O3/c1-2-15-3(14)4(7,5(8,9)10)16-6(11,12)13/h2H2,1H3/t4-/m0/s1. The maximum Gasteiger partial charge on any atom is 0.525 e. The van der Waals surface area contributed by atoms with Crippen LogP contribution in [0.2, 0.25) is 0 Å². The molecule has 0 rings (SSSR count). The van der Waals surface area contributed by atoms with Crippen LogP contribution in [0.4, 0.5) is 30.7 Å². The third-order valence-corrected chi connectivity index (χ3v) is 1.16. The van der Waals surface area contributed by atoms with Gasteiger partial charge in [-0.15, -0.1) is 13.2 Å². The van der Waals surface area contributed by atoms with Crippen molar-refractivity contribution in [3.63, 3.8) is 0 Å². The Morgan fingerprint density at radius 3 is 1.75 bits per heavy atom. The summed E-state index contributed by atoms with van der Waals surface area (Å²) in [5.41, 5.74) is 0. The molecule has 0 fully saturated rings. The van der Waals surface area contributed by atoms with Crippen LogP contribution in [0.25, 0.3) is 0 Å². The maximum absolute atomic E-state index is 12.8. The van der Waals surface area contributed by atoms with Gasteiger partial charge in [-0.3, -0.25) is 0 Å². The third-order valence-electron chi connectivity index (χ3n) is 1.16. The van der Waals surface area contributed by atoms with Gasteiger partial charge >= 0.3 is 24.4 Å². The van der Waals surface area contributed by atoms with Gasteiger partial charge in [0.25, 0.3) is 0 Å². The Labute approximate surface area is 84.1 Å². The van der Waals surface area contributed by atoms with Crippen LogP contribution in [0.1, 0.15) is 6.92 Å². The van der Waals surface area contributed by atoms with E-state index in [0.717, 1.165) is 6.92 Å². The first-order valence-electron chi connectivity index (χ1n) is 3.64. The van der Waals surface area contributed by atoms with Crippen molar-refractivity contribution in [1.29, 1.82) is 0 Å². The predicted molar refractivity (Wildman–Crippen MR) is 33.7 cm³/mol. The minimum absolute atomic E-state index is 0.734. The molecule has 0 heterocycles. The number of carbonyl (C=O) groups excluding carboxylic acids is 1. The summed E-state index contributed by atoms with van der Waals surface area (Å²) in [6.07, 6.45) is -12.2. The summed E-state index contributed by atoms with van der Waals surface area (Å²) < 4.78 is 88.8. The van der Waals surface area contributed by atoms with Gasteiger partial charge in [-0.1, -0.05) is 0 Å². The number of esters is 1. The number of hydrogen-bond acceptors (Lipinski definition) is 3. The highest BCUT2D eigenvalue weighted by atomic mass is 19.4. The molecule has 1 atom stereocenters. The highest BCUT2D eigenvalue weighted by Crippen LogP contribution is 2.40.